The monoisotopic (exact) mass is 462 g/mol. The molecule has 0 bridgehead atoms. The van der Waals surface area contributed by atoms with Gasteiger partial charge in [0, 0.05) is 5.56 Å². The zero-order valence-corrected chi connectivity index (χ0v) is 17.1. The SMILES string of the molecule is Oc1ccc(C(Cl)(c2ccc(O)cc2)c2c(Cl)c(Cl)c(O)c(Cl)c2Cl)cc1. The molecule has 0 atom stereocenters. The van der Waals surface area contributed by atoms with Gasteiger partial charge in [0.05, 0.1) is 10.0 Å². The van der Waals surface area contributed by atoms with Gasteiger partial charge in [-0.25, -0.2) is 0 Å². The topological polar surface area (TPSA) is 60.7 Å². The number of rotatable bonds is 3. The second-order valence-electron chi connectivity index (χ2n) is 5.73. The number of alkyl halides is 1. The third-order valence-electron chi connectivity index (χ3n) is 4.11. The van der Waals surface area contributed by atoms with Gasteiger partial charge in [-0.15, -0.1) is 11.6 Å². The first-order valence-electron chi connectivity index (χ1n) is 7.51. The Morgan fingerprint density at radius 1 is 0.556 bits per heavy atom. The van der Waals surface area contributed by atoms with Crippen LogP contribution in [-0.4, -0.2) is 15.3 Å². The molecular weight excluding hydrogens is 453 g/mol. The Hall–Kier alpha value is -1.49. The second-order valence-corrected chi connectivity index (χ2v) is 7.81. The lowest BCUT2D eigenvalue weighted by Crippen LogP contribution is -2.23. The van der Waals surface area contributed by atoms with E-state index in [0.717, 1.165) is 0 Å². The Kier molecular flexibility index (Phi) is 5.62. The molecule has 3 nitrogen and oxygen atoms in total. The average Bonchev–Trinajstić information content (AvgIpc) is 2.65. The summed E-state index contributed by atoms with van der Waals surface area (Å²) in [6.07, 6.45) is 0. The molecule has 0 radical (unpaired) electrons. The Bertz CT molecular complexity index is 927. The van der Waals surface area contributed by atoms with Crippen molar-refractivity contribution in [1.82, 2.24) is 0 Å². The molecule has 3 aromatic carbocycles. The van der Waals surface area contributed by atoms with Crippen LogP contribution >= 0.6 is 58.0 Å². The van der Waals surface area contributed by atoms with E-state index in [9.17, 15) is 15.3 Å². The predicted molar refractivity (Wildman–Crippen MR) is 110 cm³/mol. The average molecular weight is 465 g/mol. The van der Waals surface area contributed by atoms with Crippen LogP contribution < -0.4 is 0 Å². The van der Waals surface area contributed by atoms with Gasteiger partial charge < -0.3 is 15.3 Å². The first-order chi connectivity index (χ1) is 12.7. The van der Waals surface area contributed by atoms with Gasteiger partial charge in [-0.2, -0.15) is 0 Å². The summed E-state index contributed by atoms with van der Waals surface area (Å²) in [4.78, 5) is -1.48. The largest absolute Gasteiger partial charge is 0.508 e. The van der Waals surface area contributed by atoms with E-state index in [4.69, 9.17) is 58.0 Å². The number of aromatic hydroxyl groups is 3. The Morgan fingerprint density at radius 3 is 1.22 bits per heavy atom. The minimum Gasteiger partial charge on any atom is -0.508 e. The predicted octanol–water partition coefficient (Wildman–Crippen LogP) is 6.95. The summed E-state index contributed by atoms with van der Waals surface area (Å²) in [5.74, 6) is -0.364. The van der Waals surface area contributed by atoms with Gasteiger partial charge in [0.25, 0.3) is 0 Å². The lowest BCUT2D eigenvalue weighted by Gasteiger charge is -2.31. The van der Waals surface area contributed by atoms with Crippen LogP contribution in [0, 0.1) is 0 Å². The maximum absolute atomic E-state index is 10.0. The quantitative estimate of drug-likeness (QED) is 0.223. The van der Waals surface area contributed by atoms with E-state index >= 15 is 0 Å². The summed E-state index contributed by atoms with van der Waals surface area (Å²) in [6.45, 7) is 0. The van der Waals surface area contributed by atoms with Gasteiger partial charge in [0.2, 0.25) is 0 Å². The maximum atomic E-state index is 10.0. The lowest BCUT2D eigenvalue weighted by molar-refractivity contribution is 0.475. The van der Waals surface area contributed by atoms with Crippen molar-refractivity contribution >= 4 is 58.0 Å². The summed E-state index contributed by atoms with van der Waals surface area (Å²) in [5.41, 5.74) is 1.18. The maximum Gasteiger partial charge on any atom is 0.155 e. The van der Waals surface area contributed by atoms with Crippen LogP contribution in [0.1, 0.15) is 16.7 Å². The fraction of sp³-hybridized carbons (Fsp3) is 0.0526. The molecule has 0 heterocycles. The van der Waals surface area contributed by atoms with E-state index in [1.807, 2.05) is 0 Å². The van der Waals surface area contributed by atoms with Crippen LogP contribution in [0.4, 0.5) is 0 Å². The minimum absolute atomic E-state index is 0.0439. The Morgan fingerprint density at radius 2 is 0.889 bits per heavy atom. The highest BCUT2D eigenvalue weighted by atomic mass is 35.5. The number of benzene rings is 3. The molecular formula is C19H11Cl5O3. The molecule has 0 unspecified atom stereocenters. The van der Waals surface area contributed by atoms with Crippen LogP contribution in [0.3, 0.4) is 0 Å². The third kappa shape index (κ3) is 3.39. The third-order valence-corrected chi connectivity index (χ3v) is 6.43. The smallest absolute Gasteiger partial charge is 0.155 e. The molecule has 8 heteroatoms. The van der Waals surface area contributed by atoms with E-state index < -0.39 is 10.6 Å². The molecule has 3 aromatic rings. The van der Waals surface area contributed by atoms with Gasteiger partial charge in [0.1, 0.15) is 26.4 Å². The molecule has 0 aromatic heterocycles. The summed E-state index contributed by atoms with van der Waals surface area (Å²) in [6, 6.07) is 12.2. The number of hydrogen-bond acceptors (Lipinski definition) is 3. The molecule has 0 aliphatic heterocycles. The van der Waals surface area contributed by atoms with Gasteiger partial charge in [-0.1, -0.05) is 70.7 Å². The van der Waals surface area contributed by atoms with Crippen molar-refractivity contribution in [3.63, 3.8) is 0 Å². The van der Waals surface area contributed by atoms with Crippen molar-refractivity contribution in [3.05, 3.63) is 85.3 Å². The van der Waals surface area contributed by atoms with Crippen LogP contribution in [0.15, 0.2) is 48.5 Å². The fourth-order valence-corrected chi connectivity index (χ4v) is 4.42. The van der Waals surface area contributed by atoms with Crippen molar-refractivity contribution < 1.29 is 15.3 Å². The molecule has 0 aliphatic rings. The first-order valence-corrected chi connectivity index (χ1v) is 9.40. The van der Waals surface area contributed by atoms with Crippen molar-refractivity contribution in [2.45, 2.75) is 4.87 Å². The number of halogens is 5. The Balaban J connectivity index is 2.42. The molecule has 140 valence electrons. The van der Waals surface area contributed by atoms with Crippen molar-refractivity contribution in [2.24, 2.45) is 0 Å². The van der Waals surface area contributed by atoms with Crippen LogP contribution in [0.25, 0.3) is 0 Å². The molecule has 27 heavy (non-hydrogen) atoms. The normalized spacial score (nSPS) is 11.6. The first kappa shape index (κ1) is 20.2. The molecule has 0 amide bonds. The fourth-order valence-electron chi connectivity index (χ4n) is 2.76. The van der Waals surface area contributed by atoms with E-state index in [2.05, 4.69) is 0 Å². The molecule has 0 spiro atoms. The van der Waals surface area contributed by atoms with E-state index in [1.165, 1.54) is 24.3 Å². The van der Waals surface area contributed by atoms with Crippen LogP contribution in [-0.2, 0) is 4.87 Å². The summed E-state index contributed by atoms with van der Waals surface area (Å²) in [5, 5.41) is 28.8. The summed E-state index contributed by atoms with van der Waals surface area (Å²) >= 11 is 32.2. The van der Waals surface area contributed by atoms with E-state index in [1.54, 1.807) is 24.3 Å². The Labute approximate surface area is 180 Å². The molecule has 0 fully saturated rings. The highest BCUT2D eigenvalue weighted by molar-refractivity contribution is 6.50. The molecule has 0 aliphatic carbocycles. The molecule has 0 saturated heterocycles. The zero-order valence-electron chi connectivity index (χ0n) is 13.4. The van der Waals surface area contributed by atoms with Gasteiger partial charge >= 0.3 is 0 Å². The van der Waals surface area contributed by atoms with E-state index in [0.29, 0.717) is 11.1 Å². The zero-order chi connectivity index (χ0) is 19.9. The minimum atomic E-state index is -1.48. The number of phenolic OH excluding ortho intramolecular Hbond substituents is 3. The second kappa shape index (κ2) is 7.50. The highest BCUT2D eigenvalue weighted by Crippen LogP contribution is 2.55. The van der Waals surface area contributed by atoms with Crippen LogP contribution in [0.2, 0.25) is 20.1 Å². The standard InChI is InChI=1S/C19H11Cl5O3/c20-14-13(15(21)17(23)18(27)16(14)22)19(24,9-1-5-11(25)6-2-9)10-3-7-12(26)8-4-10/h1-8,25-27H. The number of phenols is 3. The molecule has 3 rings (SSSR count). The molecule has 3 N–H and O–H groups in total. The molecule has 0 saturated carbocycles. The van der Waals surface area contributed by atoms with Crippen molar-refractivity contribution in [2.75, 3.05) is 0 Å². The van der Waals surface area contributed by atoms with E-state index in [-0.39, 0.29) is 37.2 Å². The van der Waals surface area contributed by atoms with Crippen LogP contribution in [0.5, 0.6) is 17.2 Å². The van der Waals surface area contributed by atoms with Gasteiger partial charge in [-0.05, 0) is 35.4 Å². The van der Waals surface area contributed by atoms with Crippen molar-refractivity contribution in [1.29, 1.82) is 0 Å². The highest BCUT2D eigenvalue weighted by Gasteiger charge is 2.40. The lowest BCUT2D eigenvalue weighted by atomic mass is 9.83. The summed E-state index contributed by atoms with van der Waals surface area (Å²) in [7, 11) is 0. The van der Waals surface area contributed by atoms with Gasteiger partial charge in [-0.3, -0.25) is 0 Å². The van der Waals surface area contributed by atoms with Crippen molar-refractivity contribution in [3.8, 4) is 17.2 Å². The number of hydrogen-bond donors (Lipinski definition) is 3. The van der Waals surface area contributed by atoms with Gasteiger partial charge in [0.15, 0.2) is 5.75 Å². The summed E-state index contributed by atoms with van der Waals surface area (Å²) < 4.78 is 0.